The van der Waals surface area contributed by atoms with Crippen molar-refractivity contribution in [2.24, 2.45) is 28.1 Å². The molecule has 0 aromatic heterocycles. The summed E-state index contributed by atoms with van der Waals surface area (Å²) in [5, 5.41) is 3.76. The van der Waals surface area contributed by atoms with Crippen LogP contribution in [0.15, 0.2) is 5.11 Å². The molecule has 22 heavy (non-hydrogen) atoms. The third-order valence-corrected chi connectivity index (χ3v) is 6.17. The standard InChI is InChI=1S/C14H23BN4O3/c1-13(2)8-6-9(13)14(3)10(7-8)21-15(22-14)11(18-19-17)4-5-12(16)20/h8-11H,4-7H2,1-3H3,(H2,16,20)/t8?,9-,10+,11?,14-/m0/s1. The van der Waals surface area contributed by atoms with Crippen LogP contribution in [0, 0.1) is 17.3 Å². The molecular weight excluding hydrogens is 283 g/mol. The molecule has 4 rings (SSSR count). The number of hydrogen-bond acceptors (Lipinski definition) is 4. The van der Waals surface area contributed by atoms with Crippen LogP contribution in [0.1, 0.15) is 46.5 Å². The van der Waals surface area contributed by atoms with E-state index in [2.05, 4.69) is 30.8 Å². The second-order valence-electron chi connectivity index (χ2n) is 7.61. The molecule has 2 N–H and O–H groups in total. The number of hydrogen-bond donors (Lipinski definition) is 1. The average molecular weight is 306 g/mol. The maximum Gasteiger partial charge on any atom is 0.466 e. The molecule has 4 fully saturated rings. The molecule has 5 atom stereocenters. The van der Waals surface area contributed by atoms with E-state index in [1.165, 1.54) is 6.42 Å². The van der Waals surface area contributed by atoms with Crippen LogP contribution in [0.25, 0.3) is 10.4 Å². The summed E-state index contributed by atoms with van der Waals surface area (Å²) < 4.78 is 12.3. The van der Waals surface area contributed by atoms with Gasteiger partial charge in [-0.15, -0.1) is 0 Å². The monoisotopic (exact) mass is 306 g/mol. The Morgan fingerprint density at radius 1 is 1.50 bits per heavy atom. The molecule has 0 spiro atoms. The van der Waals surface area contributed by atoms with E-state index in [0.29, 0.717) is 18.3 Å². The van der Waals surface area contributed by atoms with E-state index in [-0.39, 0.29) is 23.5 Å². The third-order valence-electron chi connectivity index (χ3n) is 6.17. The highest BCUT2D eigenvalue weighted by atomic mass is 16.7. The number of primary amides is 1. The largest absolute Gasteiger partial charge is 0.466 e. The first-order chi connectivity index (χ1) is 10.3. The van der Waals surface area contributed by atoms with Gasteiger partial charge in [0.15, 0.2) is 0 Å². The van der Waals surface area contributed by atoms with E-state index in [9.17, 15) is 4.79 Å². The van der Waals surface area contributed by atoms with Crippen molar-refractivity contribution in [1.82, 2.24) is 0 Å². The molecule has 8 heteroatoms. The van der Waals surface area contributed by atoms with Gasteiger partial charge in [0.2, 0.25) is 5.91 Å². The van der Waals surface area contributed by atoms with Crippen LogP contribution in [0.3, 0.4) is 0 Å². The molecule has 3 aliphatic carbocycles. The second-order valence-corrected chi connectivity index (χ2v) is 7.61. The summed E-state index contributed by atoms with van der Waals surface area (Å²) in [5.41, 5.74) is 13.9. The Kier molecular flexibility index (Phi) is 3.66. The molecule has 120 valence electrons. The van der Waals surface area contributed by atoms with Crippen molar-refractivity contribution in [3.05, 3.63) is 10.4 Å². The van der Waals surface area contributed by atoms with Crippen molar-refractivity contribution in [2.75, 3.05) is 0 Å². The highest BCUT2D eigenvalue weighted by Gasteiger charge is 2.68. The quantitative estimate of drug-likeness (QED) is 0.364. The van der Waals surface area contributed by atoms with Gasteiger partial charge in [-0.1, -0.05) is 19.0 Å². The fraction of sp³-hybridized carbons (Fsp3) is 0.929. The van der Waals surface area contributed by atoms with Crippen molar-refractivity contribution in [3.8, 4) is 0 Å². The van der Waals surface area contributed by atoms with Crippen molar-refractivity contribution >= 4 is 13.0 Å². The Labute approximate surface area is 130 Å². The number of nitrogens with zero attached hydrogens (tertiary/aromatic N) is 3. The van der Waals surface area contributed by atoms with Gasteiger partial charge in [-0.05, 0) is 49.0 Å². The van der Waals surface area contributed by atoms with Crippen molar-refractivity contribution in [3.63, 3.8) is 0 Å². The lowest BCUT2D eigenvalue weighted by atomic mass is 9.43. The Morgan fingerprint density at radius 2 is 2.23 bits per heavy atom. The van der Waals surface area contributed by atoms with Gasteiger partial charge < -0.3 is 15.0 Å². The van der Waals surface area contributed by atoms with E-state index < -0.39 is 19.0 Å². The summed E-state index contributed by atoms with van der Waals surface area (Å²) in [7, 11) is -0.583. The van der Waals surface area contributed by atoms with Crippen molar-refractivity contribution < 1.29 is 14.1 Å². The minimum Gasteiger partial charge on any atom is -0.405 e. The number of azide groups is 1. The summed E-state index contributed by atoms with van der Waals surface area (Å²) in [6.07, 6.45) is 2.70. The average Bonchev–Trinajstić information content (AvgIpc) is 2.79. The summed E-state index contributed by atoms with van der Waals surface area (Å²) in [6.45, 7) is 6.70. The zero-order valence-corrected chi connectivity index (χ0v) is 13.4. The first kappa shape index (κ1) is 15.7. The molecule has 1 amide bonds. The lowest BCUT2D eigenvalue weighted by Crippen LogP contribution is -2.65. The maximum absolute atomic E-state index is 11.0. The molecule has 0 aromatic carbocycles. The van der Waals surface area contributed by atoms with Crippen LogP contribution < -0.4 is 5.73 Å². The number of carbonyl (C=O) groups is 1. The minimum absolute atomic E-state index is 0.0410. The Balaban J connectivity index is 1.75. The van der Waals surface area contributed by atoms with E-state index >= 15 is 0 Å². The van der Waals surface area contributed by atoms with Crippen LogP contribution >= 0.6 is 0 Å². The van der Waals surface area contributed by atoms with E-state index in [4.69, 9.17) is 20.6 Å². The van der Waals surface area contributed by atoms with Gasteiger partial charge >= 0.3 is 7.12 Å². The van der Waals surface area contributed by atoms with E-state index in [1.54, 1.807) is 0 Å². The van der Waals surface area contributed by atoms with Crippen molar-refractivity contribution in [2.45, 2.75) is 64.1 Å². The molecule has 0 aromatic rings. The van der Waals surface area contributed by atoms with Gasteiger partial charge in [-0.3, -0.25) is 4.79 Å². The molecule has 2 bridgehead atoms. The van der Waals surface area contributed by atoms with Gasteiger partial charge in [0.05, 0.1) is 17.6 Å². The highest BCUT2D eigenvalue weighted by Crippen LogP contribution is 2.65. The van der Waals surface area contributed by atoms with Crippen molar-refractivity contribution in [1.29, 1.82) is 0 Å². The molecule has 1 aliphatic heterocycles. The maximum atomic E-state index is 11.0. The fourth-order valence-electron chi connectivity index (χ4n) is 4.67. The normalized spacial score (nSPS) is 39.4. The van der Waals surface area contributed by atoms with Crippen LogP contribution in [0.4, 0.5) is 0 Å². The summed E-state index contributed by atoms with van der Waals surface area (Å²) in [4.78, 5) is 13.9. The number of carbonyl (C=O) groups excluding carboxylic acids is 1. The Hall–Kier alpha value is -1.24. The van der Waals surface area contributed by atoms with E-state index in [1.807, 2.05) is 0 Å². The predicted octanol–water partition coefficient (Wildman–Crippen LogP) is 2.20. The molecule has 2 unspecified atom stereocenters. The first-order valence-corrected chi connectivity index (χ1v) is 7.95. The van der Waals surface area contributed by atoms with Crippen LogP contribution in [0.5, 0.6) is 0 Å². The van der Waals surface area contributed by atoms with Gasteiger partial charge in [-0.25, -0.2) is 0 Å². The third kappa shape index (κ3) is 2.21. The summed E-state index contributed by atoms with van der Waals surface area (Å²) in [5.74, 6) is 0.196. The summed E-state index contributed by atoms with van der Waals surface area (Å²) in [6, 6.07) is 0. The minimum atomic E-state index is -0.583. The lowest BCUT2D eigenvalue weighted by molar-refractivity contribution is -0.199. The lowest BCUT2D eigenvalue weighted by Gasteiger charge is -2.64. The molecular formula is C14H23BN4O3. The van der Waals surface area contributed by atoms with E-state index in [0.717, 1.165) is 6.42 Å². The molecule has 4 aliphatic rings. The Morgan fingerprint density at radius 3 is 2.82 bits per heavy atom. The smallest absolute Gasteiger partial charge is 0.405 e. The molecule has 1 heterocycles. The van der Waals surface area contributed by atoms with Crippen LogP contribution in [0.2, 0.25) is 0 Å². The predicted molar refractivity (Wildman–Crippen MR) is 81.5 cm³/mol. The second kappa shape index (κ2) is 5.15. The zero-order valence-electron chi connectivity index (χ0n) is 13.4. The number of amides is 1. The number of nitrogens with two attached hydrogens (primary N) is 1. The summed E-state index contributed by atoms with van der Waals surface area (Å²) >= 11 is 0. The van der Waals surface area contributed by atoms with Gasteiger partial charge in [0, 0.05) is 11.3 Å². The highest BCUT2D eigenvalue weighted by molar-refractivity contribution is 6.47. The fourth-order valence-corrected chi connectivity index (χ4v) is 4.67. The zero-order chi connectivity index (χ0) is 16.1. The van der Waals surface area contributed by atoms with Crippen LogP contribution in [-0.2, 0) is 14.1 Å². The van der Waals surface area contributed by atoms with Gasteiger partial charge in [0.1, 0.15) is 0 Å². The Bertz CT molecular complexity index is 536. The van der Waals surface area contributed by atoms with Gasteiger partial charge in [0.25, 0.3) is 0 Å². The molecule has 0 radical (unpaired) electrons. The molecule has 1 saturated heterocycles. The topological polar surface area (TPSA) is 110 Å². The number of rotatable bonds is 5. The van der Waals surface area contributed by atoms with Crippen LogP contribution in [-0.4, -0.2) is 30.7 Å². The SMILES string of the molecule is CC1(C)C2C[C@H]3OB(C(CCC(N)=O)N=[N+]=[N-])O[C@@]3(C)[C@H]1C2. The van der Waals surface area contributed by atoms with Gasteiger partial charge in [-0.2, -0.15) is 0 Å². The molecule has 7 nitrogen and oxygen atoms in total. The molecule has 3 saturated carbocycles. The first-order valence-electron chi connectivity index (χ1n) is 7.95.